The average Bonchev–Trinajstić information content (AvgIpc) is 2.31. The highest BCUT2D eigenvalue weighted by Gasteiger charge is 2.13. The third kappa shape index (κ3) is 4.36. The molecule has 3 nitrogen and oxygen atoms in total. The summed E-state index contributed by atoms with van der Waals surface area (Å²) in [6.45, 7) is 3.46. The van der Waals surface area contributed by atoms with Crippen molar-refractivity contribution in [3.63, 3.8) is 0 Å². The van der Waals surface area contributed by atoms with E-state index in [-0.39, 0.29) is 0 Å². The van der Waals surface area contributed by atoms with E-state index in [0.717, 1.165) is 25.1 Å². The summed E-state index contributed by atoms with van der Waals surface area (Å²) in [5.74, 6) is 0.938. The maximum atomic E-state index is 5.58. The van der Waals surface area contributed by atoms with Crippen LogP contribution in [0.5, 0.6) is 5.75 Å². The van der Waals surface area contributed by atoms with Crippen LogP contribution in [0.1, 0.15) is 31.4 Å². The molecule has 0 radical (unpaired) electrons. The number of nitrogens with zero attached hydrogens (tertiary/aromatic N) is 1. The summed E-state index contributed by atoms with van der Waals surface area (Å²) in [4.78, 5) is 2.24. The van der Waals surface area contributed by atoms with Gasteiger partial charge in [0.05, 0.1) is 6.61 Å². The number of nitrogens with two attached hydrogens (primary N) is 1. The molecule has 0 aliphatic rings. The number of benzene rings is 1. The van der Waals surface area contributed by atoms with Gasteiger partial charge in [0.1, 0.15) is 5.75 Å². The van der Waals surface area contributed by atoms with Gasteiger partial charge in [0.2, 0.25) is 0 Å². The van der Waals surface area contributed by atoms with Crippen molar-refractivity contribution in [2.75, 3.05) is 27.2 Å². The Morgan fingerprint density at radius 1 is 1.24 bits per heavy atom. The van der Waals surface area contributed by atoms with Crippen molar-refractivity contribution in [1.29, 1.82) is 0 Å². The van der Waals surface area contributed by atoms with Crippen LogP contribution in [0.25, 0.3) is 0 Å². The van der Waals surface area contributed by atoms with Gasteiger partial charge < -0.3 is 15.4 Å². The summed E-state index contributed by atoms with van der Waals surface area (Å²) in [5.41, 5.74) is 6.91. The third-order valence-corrected chi connectivity index (χ3v) is 2.88. The molecule has 0 aliphatic heterocycles. The maximum Gasteiger partial charge on any atom is 0.119 e. The molecule has 0 heterocycles. The van der Waals surface area contributed by atoms with Gasteiger partial charge in [-0.15, -0.1) is 0 Å². The zero-order valence-corrected chi connectivity index (χ0v) is 11.1. The van der Waals surface area contributed by atoms with E-state index < -0.39 is 0 Å². The van der Waals surface area contributed by atoms with Gasteiger partial charge in [0.25, 0.3) is 0 Å². The molecule has 3 heteroatoms. The fourth-order valence-corrected chi connectivity index (χ4v) is 1.99. The molecule has 0 bridgehead atoms. The van der Waals surface area contributed by atoms with Gasteiger partial charge in [-0.2, -0.15) is 0 Å². The quantitative estimate of drug-likeness (QED) is 0.790. The smallest absolute Gasteiger partial charge is 0.119 e. The normalized spacial score (nSPS) is 12.8. The monoisotopic (exact) mass is 236 g/mol. The molecule has 0 aromatic heterocycles. The molecule has 0 saturated carbocycles. The summed E-state index contributed by atoms with van der Waals surface area (Å²) >= 11 is 0. The van der Waals surface area contributed by atoms with Crippen molar-refractivity contribution in [3.05, 3.63) is 29.8 Å². The Morgan fingerprint density at radius 2 is 1.88 bits per heavy atom. The molecule has 0 amide bonds. The highest BCUT2D eigenvalue weighted by molar-refractivity contribution is 5.29. The third-order valence-electron chi connectivity index (χ3n) is 2.88. The molecular weight excluding hydrogens is 212 g/mol. The van der Waals surface area contributed by atoms with Crippen molar-refractivity contribution in [1.82, 2.24) is 4.90 Å². The first-order valence-corrected chi connectivity index (χ1v) is 6.28. The molecule has 0 saturated heterocycles. The summed E-state index contributed by atoms with van der Waals surface area (Å²) in [6, 6.07) is 8.81. The van der Waals surface area contributed by atoms with Gasteiger partial charge in [-0.05, 0) is 58.1 Å². The highest BCUT2D eigenvalue weighted by atomic mass is 16.5. The lowest BCUT2D eigenvalue weighted by molar-refractivity contribution is 0.280. The van der Waals surface area contributed by atoms with E-state index in [1.807, 2.05) is 19.1 Å². The number of hydrogen-bond acceptors (Lipinski definition) is 3. The molecule has 96 valence electrons. The van der Waals surface area contributed by atoms with Gasteiger partial charge in [-0.25, -0.2) is 0 Å². The Labute approximate surface area is 105 Å². The lowest BCUT2D eigenvalue weighted by Crippen LogP contribution is -2.20. The van der Waals surface area contributed by atoms with Crippen LogP contribution < -0.4 is 10.5 Å². The van der Waals surface area contributed by atoms with Gasteiger partial charge in [-0.1, -0.05) is 12.1 Å². The maximum absolute atomic E-state index is 5.58. The topological polar surface area (TPSA) is 38.5 Å². The molecular formula is C14H24N2O. The van der Waals surface area contributed by atoms with Crippen LogP contribution in [-0.2, 0) is 0 Å². The van der Waals surface area contributed by atoms with Crippen LogP contribution in [0.15, 0.2) is 24.3 Å². The van der Waals surface area contributed by atoms with Crippen LogP contribution in [0.2, 0.25) is 0 Å². The van der Waals surface area contributed by atoms with Crippen LogP contribution in [0.3, 0.4) is 0 Å². The largest absolute Gasteiger partial charge is 0.494 e. The Kier molecular flexibility index (Phi) is 6.01. The fraction of sp³-hybridized carbons (Fsp3) is 0.571. The van der Waals surface area contributed by atoms with E-state index >= 15 is 0 Å². The first kappa shape index (κ1) is 14.0. The molecule has 1 aromatic rings. The standard InChI is InChI=1S/C14H24N2O/c1-4-17-13-9-7-12(8-10-13)14(16(2)3)6-5-11-15/h7-10,14H,4-6,11,15H2,1-3H3. The molecule has 1 rings (SSSR count). The second-order valence-corrected chi connectivity index (χ2v) is 4.41. The van der Waals surface area contributed by atoms with Crippen molar-refractivity contribution < 1.29 is 4.74 Å². The summed E-state index contributed by atoms with van der Waals surface area (Å²) in [6.07, 6.45) is 2.15. The van der Waals surface area contributed by atoms with Gasteiger partial charge in [0.15, 0.2) is 0 Å². The van der Waals surface area contributed by atoms with E-state index in [9.17, 15) is 0 Å². The van der Waals surface area contributed by atoms with E-state index in [0.29, 0.717) is 12.6 Å². The predicted molar refractivity (Wildman–Crippen MR) is 72.3 cm³/mol. The molecule has 0 fully saturated rings. The van der Waals surface area contributed by atoms with E-state index in [4.69, 9.17) is 10.5 Å². The molecule has 0 aliphatic carbocycles. The second-order valence-electron chi connectivity index (χ2n) is 4.41. The molecule has 17 heavy (non-hydrogen) atoms. The Bertz CT molecular complexity index is 309. The number of rotatable bonds is 7. The molecule has 0 spiro atoms. The molecule has 1 unspecified atom stereocenters. The van der Waals surface area contributed by atoms with Crippen LogP contribution >= 0.6 is 0 Å². The lowest BCUT2D eigenvalue weighted by Gasteiger charge is -2.24. The van der Waals surface area contributed by atoms with Crippen molar-refractivity contribution in [3.8, 4) is 5.75 Å². The Balaban J connectivity index is 2.72. The summed E-state index contributed by atoms with van der Waals surface area (Å²) in [7, 11) is 4.22. The Morgan fingerprint density at radius 3 is 2.35 bits per heavy atom. The molecule has 1 aromatic carbocycles. The minimum atomic E-state index is 0.439. The average molecular weight is 236 g/mol. The summed E-state index contributed by atoms with van der Waals surface area (Å²) < 4.78 is 5.45. The van der Waals surface area contributed by atoms with Crippen molar-refractivity contribution in [2.45, 2.75) is 25.8 Å². The van der Waals surface area contributed by atoms with Gasteiger partial charge >= 0.3 is 0 Å². The minimum absolute atomic E-state index is 0.439. The Hall–Kier alpha value is -1.06. The first-order chi connectivity index (χ1) is 8.19. The zero-order chi connectivity index (χ0) is 12.7. The fourth-order valence-electron chi connectivity index (χ4n) is 1.99. The SMILES string of the molecule is CCOc1ccc(C(CCCN)N(C)C)cc1. The molecule has 1 atom stereocenters. The first-order valence-electron chi connectivity index (χ1n) is 6.28. The van der Waals surface area contributed by atoms with Gasteiger partial charge in [0, 0.05) is 6.04 Å². The molecule has 2 N–H and O–H groups in total. The van der Waals surface area contributed by atoms with Gasteiger partial charge in [-0.3, -0.25) is 0 Å². The van der Waals surface area contributed by atoms with Crippen LogP contribution in [-0.4, -0.2) is 32.1 Å². The second kappa shape index (κ2) is 7.30. The highest BCUT2D eigenvalue weighted by Crippen LogP contribution is 2.25. The van der Waals surface area contributed by atoms with Crippen LogP contribution in [0.4, 0.5) is 0 Å². The zero-order valence-electron chi connectivity index (χ0n) is 11.1. The van der Waals surface area contributed by atoms with Crippen molar-refractivity contribution >= 4 is 0 Å². The predicted octanol–water partition coefficient (Wildman–Crippen LogP) is 2.43. The van der Waals surface area contributed by atoms with E-state index in [1.165, 1.54) is 5.56 Å². The summed E-state index contributed by atoms with van der Waals surface area (Å²) in [5, 5.41) is 0. The van der Waals surface area contributed by atoms with Crippen molar-refractivity contribution in [2.24, 2.45) is 5.73 Å². The number of ether oxygens (including phenoxy) is 1. The lowest BCUT2D eigenvalue weighted by atomic mass is 10.0. The van der Waals surface area contributed by atoms with E-state index in [1.54, 1.807) is 0 Å². The van der Waals surface area contributed by atoms with E-state index in [2.05, 4.69) is 31.1 Å². The minimum Gasteiger partial charge on any atom is -0.494 e. The number of hydrogen-bond donors (Lipinski definition) is 1. The van der Waals surface area contributed by atoms with Crippen LogP contribution in [0, 0.1) is 0 Å².